The second-order valence-corrected chi connectivity index (χ2v) is 6.39. The third-order valence-electron chi connectivity index (χ3n) is 4.91. The van der Waals surface area contributed by atoms with Gasteiger partial charge in [0, 0.05) is 6.04 Å². The lowest BCUT2D eigenvalue weighted by atomic mass is 9.89. The van der Waals surface area contributed by atoms with Gasteiger partial charge in [0.25, 0.3) is 0 Å². The third kappa shape index (κ3) is 3.45. The van der Waals surface area contributed by atoms with Crippen LogP contribution in [0.25, 0.3) is 0 Å². The van der Waals surface area contributed by atoms with Gasteiger partial charge >= 0.3 is 0 Å². The molecule has 0 spiro atoms. The molecule has 1 saturated carbocycles. The second kappa shape index (κ2) is 6.19. The first kappa shape index (κ1) is 13.4. The van der Waals surface area contributed by atoms with Crippen molar-refractivity contribution in [2.24, 2.45) is 11.8 Å². The molecule has 0 amide bonds. The standard InChI is InChI=1S/C15H29NO/c1-12(2)13-6-5-10-16(11-9-13)14-7-3-4-8-15(14)17/h12-15,17H,3-11H2,1-2H3/t13?,14-,15-/m0/s1. The number of aliphatic hydroxyl groups is 1. The molecule has 0 radical (unpaired) electrons. The summed E-state index contributed by atoms with van der Waals surface area (Å²) in [5.74, 6) is 1.73. The van der Waals surface area contributed by atoms with Crippen LogP contribution in [0.15, 0.2) is 0 Å². The van der Waals surface area contributed by atoms with Crippen molar-refractivity contribution in [1.29, 1.82) is 0 Å². The van der Waals surface area contributed by atoms with Crippen LogP contribution >= 0.6 is 0 Å². The minimum atomic E-state index is -0.0562. The highest BCUT2D eigenvalue weighted by Gasteiger charge is 2.30. The number of rotatable bonds is 2. The van der Waals surface area contributed by atoms with Crippen LogP contribution in [-0.4, -0.2) is 35.2 Å². The molecule has 1 aliphatic carbocycles. The zero-order valence-corrected chi connectivity index (χ0v) is 11.6. The lowest BCUT2D eigenvalue weighted by Gasteiger charge is -2.37. The molecular formula is C15H29NO. The molecule has 1 saturated heterocycles. The van der Waals surface area contributed by atoms with E-state index in [0.717, 1.165) is 18.3 Å². The molecule has 2 rings (SSSR count). The van der Waals surface area contributed by atoms with E-state index in [4.69, 9.17) is 0 Å². The molecule has 2 heteroatoms. The second-order valence-electron chi connectivity index (χ2n) is 6.39. The Labute approximate surface area is 106 Å². The molecule has 1 unspecified atom stereocenters. The summed E-state index contributed by atoms with van der Waals surface area (Å²) in [5.41, 5.74) is 0. The Morgan fingerprint density at radius 1 is 0.941 bits per heavy atom. The van der Waals surface area contributed by atoms with Crippen LogP contribution in [0.1, 0.15) is 58.8 Å². The summed E-state index contributed by atoms with van der Waals surface area (Å²) in [4.78, 5) is 2.59. The van der Waals surface area contributed by atoms with Gasteiger partial charge in [0.1, 0.15) is 0 Å². The summed E-state index contributed by atoms with van der Waals surface area (Å²) in [5, 5.41) is 10.1. The predicted octanol–water partition coefficient (Wildman–Crippen LogP) is 3.05. The van der Waals surface area contributed by atoms with Crippen LogP contribution in [0.3, 0.4) is 0 Å². The maximum absolute atomic E-state index is 10.1. The summed E-state index contributed by atoms with van der Waals surface area (Å²) in [6.07, 6.45) is 8.76. The topological polar surface area (TPSA) is 23.5 Å². The smallest absolute Gasteiger partial charge is 0.0695 e. The minimum Gasteiger partial charge on any atom is -0.391 e. The van der Waals surface area contributed by atoms with Crippen molar-refractivity contribution in [2.75, 3.05) is 13.1 Å². The van der Waals surface area contributed by atoms with Crippen molar-refractivity contribution < 1.29 is 5.11 Å². The predicted molar refractivity (Wildman–Crippen MR) is 72.0 cm³/mol. The lowest BCUT2D eigenvalue weighted by molar-refractivity contribution is 0.0206. The number of likely N-dealkylation sites (tertiary alicyclic amines) is 1. The minimum absolute atomic E-state index is 0.0562. The normalized spacial score (nSPS) is 37.1. The van der Waals surface area contributed by atoms with Gasteiger partial charge in [-0.3, -0.25) is 4.90 Å². The summed E-state index contributed by atoms with van der Waals surface area (Å²) in [7, 11) is 0. The highest BCUT2D eigenvalue weighted by Crippen LogP contribution is 2.29. The number of hydrogen-bond acceptors (Lipinski definition) is 2. The van der Waals surface area contributed by atoms with Gasteiger partial charge in [-0.2, -0.15) is 0 Å². The van der Waals surface area contributed by atoms with Gasteiger partial charge in [0.2, 0.25) is 0 Å². The Hall–Kier alpha value is -0.0800. The first-order valence-electron chi connectivity index (χ1n) is 7.60. The van der Waals surface area contributed by atoms with Crippen molar-refractivity contribution in [2.45, 2.75) is 70.9 Å². The van der Waals surface area contributed by atoms with Crippen LogP contribution in [0.4, 0.5) is 0 Å². The van der Waals surface area contributed by atoms with E-state index in [1.807, 2.05) is 0 Å². The molecule has 1 aliphatic heterocycles. The molecule has 2 fully saturated rings. The Morgan fingerprint density at radius 2 is 1.71 bits per heavy atom. The van der Waals surface area contributed by atoms with Crippen molar-refractivity contribution in [3.63, 3.8) is 0 Å². The van der Waals surface area contributed by atoms with Crippen molar-refractivity contribution in [3.8, 4) is 0 Å². The number of nitrogens with zero attached hydrogens (tertiary/aromatic N) is 1. The van der Waals surface area contributed by atoms with Gasteiger partial charge in [0.15, 0.2) is 0 Å². The molecule has 1 heterocycles. The molecule has 3 atom stereocenters. The lowest BCUT2D eigenvalue weighted by Crippen LogP contribution is -2.45. The quantitative estimate of drug-likeness (QED) is 0.800. The summed E-state index contributed by atoms with van der Waals surface area (Å²) in [6, 6.07) is 0.467. The SMILES string of the molecule is CC(C)C1CCCN([C@H]2CCCC[C@@H]2O)CC1. The van der Waals surface area contributed by atoms with E-state index in [1.54, 1.807) is 0 Å². The maximum Gasteiger partial charge on any atom is 0.0695 e. The van der Waals surface area contributed by atoms with Gasteiger partial charge in [-0.15, -0.1) is 0 Å². The van der Waals surface area contributed by atoms with E-state index in [1.165, 1.54) is 51.6 Å². The molecule has 100 valence electrons. The van der Waals surface area contributed by atoms with Gasteiger partial charge in [-0.1, -0.05) is 26.7 Å². The molecular weight excluding hydrogens is 210 g/mol. The molecule has 2 nitrogen and oxygen atoms in total. The summed E-state index contributed by atoms with van der Waals surface area (Å²) in [6.45, 7) is 7.14. The van der Waals surface area contributed by atoms with Gasteiger partial charge in [-0.05, 0) is 57.0 Å². The van der Waals surface area contributed by atoms with Crippen molar-refractivity contribution >= 4 is 0 Å². The van der Waals surface area contributed by atoms with Crippen LogP contribution < -0.4 is 0 Å². The first-order valence-corrected chi connectivity index (χ1v) is 7.60. The van der Waals surface area contributed by atoms with Gasteiger partial charge in [-0.25, -0.2) is 0 Å². The molecule has 0 aromatic carbocycles. The zero-order valence-electron chi connectivity index (χ0n) is 11.6. The maximum atomic E-state index is 10.1. The fourth-order valence-corrected chi connectivity index (χ4v) is 3.66. The third-order valence-corrected chi connectivity index (χ3v) is 4.91. The number of hydrogen-bond donors (Lipinski definition) is 1. The Morgan fingerprint density at radius 3 is 2.41 bits per heavy atom. The van der Waals surface area contributed by atoms with E-state index in [0.29, 0.717) is 6.04 Å². The van der Waals surface area contributed by atoms with Crippen LogP contribution in [0.5, 0.6) is 0 Å². The number of aliphatic hydroxyl groups excluding tert-OH is 1. The van der Waals surface area contributed by atoms with E-state index in [-0.39, 0.29) is 6.10 Å². The fraction of sp³-hybridized carbons (Fsp3) is 1.00. The van der Waals surface area contributed by atoms with E-state index in [9.17, 15) is 5.11 Å². The highest BCUT2D eigenvalue weighted by atomic mass is 16.3. The summed E-state index contributed by atoms with van der Waals surface area (Å²) < 4.78 is 0. The zero-order chi connectivity index (χ0) is 12.3. The Balaban J connectivity index is 1.89. The summed E-state index contributed by atoms with van der Waals surface area (Å²) >= 11 is 0. The van der Waals surface area contributed by atoms with E-state index < -0.39 is 0 Å². The average molecular weight is 239 g/mol. The molecule has 0 bridgehead atoms. The molecule has 1 N–H and O–H groups in total. The van der Waals surface area contributed by atoms with E-state index >= 15 is 0 Å². The Kier molecular flexibility index (Phi) is 4.87. The average Bonchev–Trinajstić information content (AvgIpc) is 2.55. The molecule has 2 aliphatic rings. The largest absolute Gasteiger partial charge is 0.391 e. The molecule has 17 heavy (non-hydrogen) atoms. The molecule has 0 aromatic rings. The first-order chi connectivity index (χ1) is 8.18. The van der Waals surface area contributed by atoms with Crippen LogP contribution in [-0.2, 0) is 0 Å². The highest BCUT2D eigenvalue weighted by molar-refractivity contribution is 4.85. The monoisotopic (exact) mass is 239 g/mol. The van der Waals surface area contributed by atoms with Gasteiger partial charge in [0.05, 0.1) is 6.10 Å². The van der Waals surface area contributed by atoms with Crippen molar-refractivity contribution in [3.05, 3.63) is 0 Å². The Bertz CT molecular complexity index is 229. The van der Waals surface area contributed by atoms with Crippen LogP contribution in [0, 0.1) is 11.8 Å². The van der Waals surface area contributed by atoms with Gasteiger partial charge < -0.3 is 5.11 Å². The molecule has 0 aromatic heterocycles. The fourth-order valence-electron chi connectivity index (χ4n) is 3.66. The van der Waals surface area contributed by atoms with E-state index in [2.05, 4.69) is 18.7 Å². The van der Waals surface area contributed by atoms with Crippen molar-refractivity contribution in [1.82, 2.24) is 4.90 Å². The van der Waals surface area contributed by atoms with Crippen LogP contribution in [0.2, 0.25) is 0 Å².